The van der Waals surface area contributed by atoms with Gasteiger partial charge in [-0.2, -0.15) is 5.10 Å². The molecular weight excluding hydrogens is 280 g/mol. The van der Waals surface area contributed by atoms with Gasteiger partial charge in [0.1, 0.15) is 6.04 Å². The topological polar surface area (TPSA) is 76.0 Å². The predicted octanol–water partition coefficient (Wildman–Crippen LogP) is 1.97. The quantitative estimate of drug-likeness (QED) is 0.886. The lowest BCUT2D eigenvalue weighted by molar-refractivity contribution is -0.126. The van der Waals surface area contributed by atoms with Crippen LogP contribution in [0.15, 0.2) is 42.7 Å². The van der Waals surface area contributed by atoms with Gasteiger partial charge in [0.15, 0.2) is 0 Å². The molecule has 0 aliphatic heterocycles. The van der Waals surface area contributed by atoms with Crippen molar-refractivity contribution in [2.75, 3.05) is 5.32 Å². The summed E-state index contributed by atoms with van der Waals surface area (Å²) in [5, 5.41) is 9.63. The van der Waals surface area contributed by atoms with Crippen LogP contribution in [0.2, 0.25) is 0 Å². The van der Waals surface area contributed by atoms with E-state index >= 15 is 0 Å². The van der Waals surface area contributed by atoms with Crippen LogP contribution in [0.3, 0.4) is 0 Å². The number of nitrogens with one attached hydrogen (secondary N) is 2. The highest BCUT2D eigenvalue weighted by molar-refractivity contribution is 5.97. The van der Waals surface area contributed by atoms with Gasteiger partial charge in [-0.3, -0.25) is 9.59 Å². The van der Waals surface area contributed by atoms with Crippen LogP contribution in [-0.2, 0) is 9.59 Å². The molecule has 0 saturated carbocycles. The normalized spacial score (nSPS) is 12.0. The Bertz CT molecular complexity index is 633. The highest BCUT2D eigenvalue weighted by Crippen LogP contribution is 2.14. The zero-order chi connectivity index (χ0) is 16.1. The number of rotatable bonds is 5. The third-order valence-corrected chi connectivity index (χ3v) is 3.21. The minimum atomic E-state index is -0.553. The number of carbonyl (C=O) groups excluding carboxylic acids is 2. The Morgan fingerprint density at radius 3 is 2.36 bits per heavy atom. The Balaban J connectivity index is 2.06. The van der Waals surface area contributed by atoms with Gasteiger partial charge in [0.25, 0.3) is 0 Å². The van der Waals surface area contributed by atoms with Gasteiger partial charge in [-0.05, 0) is 36.2 Å². The van der Waals surface area contributed by atoms with Crippen molar-refractivity contribution >= 4 is 17.5 Å². The number of hydrogen-bond donors (Lipinski definition) is 2. The van der Waals surface area contributed by atoms with Crippen LogP contribution in [0.25, 0.3) is 5.69 Å². The second kappa shape index (κ2) is 6.89. The van der Waals surface area contributed by atoms with Crippen molar-refractivity contribution in [2.45, 2.75) is 26.8 Å². The fourth-order valence-electron chi connectivity index (χ4n) is 2.09. The van der Waals surface area contributed by atoms with E-state index in [1.54, 1.807) is 23.0 Å². The molecule has 116 valence electrons. The molecule has 0 saturated heterocycles. The summed E-state index contributed by atoms with van der Waals surface area (Å²) in [6.07, 6.45) is 3.55. The smallest absolute Gasteiger partial charge is 0.247 e. The third kappa shape index (κ3) is 3.94. The number of benzene rings is 1. The lowest BCUT2D eigenvalue weighted by Crippen LogP contribution is -2.46. The van der Waals surface area contributed by atoms with E-state index in [1.165, 1.54) is 6.92 Å². The van der Waals surface area contributed by atoms with Gasteiger partial charge in [-0.1, -0.05) is 13.8 Å². The number of anilines is 1. The van der Waals surface area contributed by atoms with Crippen LogP contribution in [0.5, 0.6) is 0 Å². The lowest BCUT2D eigenvalue weighted by Gasteiger charge is -2.21. The number of hydrogen-bond acceptors (Lipinski definition) is 3. The number of carbonyl (C=O) groups is 2. The SMILES string of the molecule is CC(=O)NC(C(=O)Nc1ccc(-n2cccn2)cc1)C(C)C. The molecule has 1 atom stereocenters. The molecule has 22 heavy (non-hydrogen) atoms. The summed E-state index contributed by atoms with van der Waals surface area (Å²) in [7, 11) is 0. The first kappa shape index (κ1) is 15.8. The van der Waals surface area contributed by atoms with Crippen LogP contribution >= 0.6 is 0 Å². The van der Waals surface area contributed by atoms with Gasteiger partial charge in [-0.25, -0.2) is 4.68 Å². The van der Waals surface area contributed by atoms with Crippen molar-refractivity contribution in [3.8, 4) is 5.69 Å². The van der Waals surface area contributed by atoms with Crippen molar-refractivity contribution < 1.29 is 9.59 Å². The van der Waals surface area contributed by atoms with Crippen molar-refractivity contribution in [3.63, 3.8) is 0 Å². The largest absolute Gasteiger partial charge is 0.344 e. The Morgan fingerprint density at radius 2 is 1.86 bits per heavy atom. The molecule has 0 fully saturated rings. The van der Waals surface area contributed by atoms with E-state index in [0.717, 1.165) is 5.69 Å². The van der Waals surface area contributed by atoms with Crippen molar-refractivity contribution in [3.05, 3.63) is 42.7 Å². The van der Waals surface area contributed by atoms with Crippen LogP contribution in [0.4, 0.5) is 5.69 Å². The van der Waals surface area contributed by atoms with E-state index < -0.39 is 6.04 Å². The van der Waals surface area contributed by atoms with Gasteiger partial charge in [0.2, 0.25) is 11.8 Å². The first-order chi connectivity index (χ1) is 10.5. The van der Waals surface area contributed by atoms with E-state index in [9.17, 15) is 9.59 Å². The average Bonchev–Trinajstić information content (AvgIpc) is 2.99. The van der Waals surface area contributed by atoms with Crippen LogP contribution in [0, 0.1) is 5.92 Å². The molecule has 0 aliphatic rings. The van der Waals surface area contributed by atoms with Gasteiger partial charge >= 0.3 is 0 Å². The maximum Gasteiger partial charge on any atom is 0.247 e. The van der Waals surface area contributed by atoms with E-state index in [1.807, 2.05) is 38.2 Å². The second-order valence-corrected chi connectivity index (χ2v) is 5.41. The fourth-order valence-corrected chi connectivity index (χ4v) is 2.09. The molecule has 2 N–H and O–H groups in total. The lowest BCUT2D eigenvalue weighted by atomic mass is 10.0. The summed E-state index contributed by atoms with van der Waals surface area (Å²) in [6.45, 7) is 5.18. The average molecular weight is 300 g/mol. The summed E-state index contributed by atoms with van der Waals surface area (Å²) >= 11 is 0. The zero-order valence-corrected chi connectivity index (χ0v) is 12.9. The van der Waals surface area contributed by atoms with Crippen molar-refractivity contribution in [2.24, 2.45) is 5.92 Å². The standard InChI is InChI=1S/C16H20N4O2/c1-11(2)15(18-12(3)21)16(22)19-13-5-7-14(8-6-13)20-10-4-9-17-20/h4-11,15H,1-3H3,(H,18,21)(H,19,22). The fraction of sp³-hybridized carbons (Fsp3) is 0.312. The van der Waals surface area contributed by atoms with E-state index in [0.29, 0.717) is 5.69 Å². The minimum absolute atomic E-state index is 0.00671. The highest BCUT2D eigenvalue weighted by atomic mass is 16.2. The maximum atomic E-state index is 12.3. The van der Waals surface area contributed by atoms with Crippen LogP contribution in [-0.4, -0.2) is 27.6 Å². The molecule has 2 aromatic rings. The van der Waals surface area contributed by atoms with Crippen molar-refractivity contribution in [1.82, 2.24) is 15.1 Å². The van der Waals surface area contributed by atoms with Gasteiger partial charge in [-0.15, -0.1) is 0 Å². The monoisotopic (exact) mass is 300 g/mol. The summed E-state index contributed by atoms with van der Waals surface area (Å²) in [4.78, 5) is 23.5. The first-order valence-electron chi connectivity index (χ1n) is 7.15. The van der Waals surface area contributed by atoms with Crippen LogP contribution in [0.1, 0.15) is 20.8 Å². The number of aromatic nitrogens is 2. The summed E-state index contributed by atoms with van der Waals surface area (Å²) in [6, 6.07) is 8.64. The van der Waals surface area contributed by atoms with E-state index in [2.05, 4.69) is 15.7 Å². The second-order valence-electron chi connectivity index (χ2n) is 5.41. The molecule has 0 aliphatic carbocycles. The van der Waals surface area contributed by atoms with Gasteiger partial charge in [0.05, 0.1) is 5.69 Å². The first-order valence-corrected chi connectivity index (χ1v) is 7.15. The highest BCUT2D eigenvalue weighted by Gasteiger charge is 2.22. The van der Waals surface area contributed by atoms with Gasteiger partial charge < -0.3 is 10.6 Å². The van der Waals surface area contributed by atoms with Gasteiger partial charge in [0, 0.05) is 25.0 Å². The Kier molecular flexibility index (Phi) is 4.93. The molecule has 6 heteroatoms. The third-order valence-electron chi connectivity index (χ3n) is 3.21. The molecule has 0 radical (unpaired) electrons. The Labute approximate surface area is 129 Å². The molecule has 2 rings (SSSR count). The van der Waals surface area contributed by atoms with E-state index in [4.69, 9.17) is 0 Å². The van der Waals surface area contributed by atoms with Crippen molar-refractivity contribution in [1.29, 1.82) is 0 Å². The van der Waals surface area contributed by atoms with E-state index in [-0.39, 0.29) is 17.7 Å². The molecule has 2 amide bonds. The predicted molar refractivity (Wildman–Crippen MR) is 84.6 cm³/mol. The molecule has 0 bridgehead atoms. The maximum absolute atomic E-state index is 12.3. The Hall–Kier alpha value is -2.63. The molecule has 1 heterocycles. The summed E-state index contributed by atoms with van der Waals surface area (Å²) < 4.78 is 1.74. The Morgan fingerprint density at radius 1 is 1.18 bits per heavy atom. The molecule has 0 spiro atoms. The molecule has 1 unspecified atom stereocenters. The number of amides is 2. The minimum Gasteiger partial charge on any atom is -0.344 e. The summed E-state index contributed by atoms with van der Waals surface area (Å²) in [5.74, 6) is -0.438. The molecule has 1 aromatic carbocycles. The summed E-state index contributed by atoms with van der Waals surface area (Å²) in [5.41, 5.74) is 1.59. The molecular formula is C16H20N4O2. The molecule has 1 aromatic heterocycles. The zero-order valence-electron chi connectivity index (χ0n) is 12.9. The molecule has 6 nitrogen and oxygen atoms in total. The van der Waals surface area contributed by atoms with Crippen LogP contribution < -0.4 is 10.6 Å². The number of nitrogens with zero attached hydrogens (tertiary/aromatic N) is 2.